The van der Waals surface area contributed by atoms with Gasteiger partial charge in [-0.15, -0.1) is 0 Å². The number of H-pyrrole nitrogens is 1. The molecule has 0 radical (unpaired) electrons. The van der Waals surface area contributed by atoms with Gasteiger partial charge in [-0.1, -0.05) is 24.3 Å². The number of nitrogens with zero attached hydrogens (tertiary/aromatic N) is 4. The normalized spacial score (nSPS) is 19.1. The van der Waals surface area contributed by atoms with Gasteiger partial charge in [-0.2, -0.15) is 5.10 Å². The number of amides is 1. The van der Waals surface area contributed by atoms with Crippen LogP contribution in [0.4, 0.5) is 0 Å². The van der Waals surface area contributed by atoms with Crippen LogP contribution in [0.2, 0.25) is 0 Å². The molecular weight excluding hydrogens is 362 g/mol. The van der Waals surface area contributed by atoms with E-state index in [1.165, 1.54) is 0 Å². The molecule has 0 spiro atoms. The number of nitrogens with one attached hydrogen (secondary N) is 1. The molecule has 5 rings (SSSR count). The number of benzene rings is 2. The lowest BCUT2D eigenvalue weighted by Gasteiger charge is -2.21. The second-order valence-electron chi connectivity index (χ2n) is 7.86. The standard InChI is InChI=1S/C23H23N5O/c1-16-9-17(14-28(16)23(29)18-5-3-2-4-6-18)13-27-15-24-21-10-19(7-8-22(21)27)20-11-25-26-12-20/h2-8,10-12,15-17H,9,13-14H2,1H3,(H,25,26)/t16-,17+/m1/s1. The van der Waals surface area contributed by atoms with Gasteiger partial charge in [-0.25, -0.2) is 4.98 Å². The van der Waals surface area contributed by atoms with E-state index in [4.69, 9.17) is 0 Å². The molecule has 2 aromatic heterocycles. The fourth-order valence-corrected chi connectivity index (χ4v) is 4.38. The van der Waals surface area contributed by atoms with Crippen LogP contribution in [0.15, 0.2) is 67.3 Å². The van der Waals surface area contributed by atoms with Crippen molar-refractivity contribution >= 4 is 16.9 Å². The molecule has 0 aliphatic carbocycles. The third-order valence-electron chi connectivity index (χ3n) is 5.85. The Morgan fingerprint density at radius 1 is 1.17 bits per heavy atom. The minimum absolute atomic E-state index is 0.126. The topological polar surface area (TPSA) is 66.8 Å². The van der Waals surface area contributed by atoms with E-state index in [1.807, 2.05) is 54.0 Å². The third-order valence-corrected chi connectivity index (χ3v) is 5.85. The predicted molar refractivity (Wildman–Crippen MR) is 112 cm³/mol. The molecule has 146 valence electrons. The van der Waals surface area contributed by atoms with Crippen molar-refractivity contribution in [3.63, 3.8) is 0 Å². The molecule has 3 heterocycles. The fraction of sp³-hybridized carbons (Fsp3) is 0.261. The lowest BCUT2D eigenvalue weighted by atomic mass is 10.1. The first kappa shape index (κ1) is 17.7. The van der Waals surface area contributed by atoms with E-state index >= 15 is 0 Å². The van der Waals surface area contributed by atoms with E-state index in [0.29, 0.717) is 5.92 Å². The molecule has 6 heteroatoms. The minimum atomic E-state index is 0.126. The summed E-state index contributed by atoms with van der Waals surface area (Å²) in [6, 6.07) is 16.1. The fourth-order valence-electron chi connectivity index (χ4n) is 4.38. The average Bonchev–Trinajstić information content (AvgIpc) is 3.49. The van der Waals surface area contributed by atoms with E-state index in [-0.39, 0.29) is 11.9 Å². The molecule has 0 saturated carbocycles. The number of carbonyl (C=O) groups excluding carboxylic acids is 1. The van der Waals surface area contributed by atoms with Gasteiger partial charge in [0.25, 0.3) is 5.91 Å². The quantitative estimate of drug-likeness (QED) is 0.578. The number of hydrogen-bond donors (Lipinski definition) is 1. The second-order valence-corrected chi connectivity index (χ2v) is 7.86. The van der Waals surface area contributed by atoms with Crippen LogP contribution in [0.5, 0.6) is 0 Å². The van der Waals surface area contributed by atoms with Crippen LogP contribution in [0.25, 0.3) is 22.2 Å². The Morgan fingerprint density at radius 2 is 2.03 bits per heavy atom. The molecule has 2 aromatic carbocycles. The molecule has 29 heavy (non-hydrogen) atoms. The Bertz CT molecular complexity index is 1130. The van der Waals surface area contributed by atoms with Crippen LogP contribution in [0.3, 0.4) is 0 Å². The SMILES string of the molecule is C[C@@H]1C[C@@H](Cn2cnc3cc(-c4cn[nH]c4)ccc32)CN1C(=O)c1ccccc1. The molecule has 2 atom stereocenters. The van der Waals surface area contributed by atoms with Gasteiger partial charge >= 0.3 is 0 Å². The highest BCUT2D eigenvalue weighted by Crippen LogP contribution is 2.28. The summed E-state index contributed by atoms with van der Waals surface area (Å²) in [7, 11) is 0. The van der Waals surface area contributed by atoms with Crippen molar-refractivity contribution in [3.8, 4) is 11.1 Å². The van der Waals surface area contributed by atoms with Crippen LogP contribution in [0.1, 0.15) is 23.7 Å². The molecule has 1 aliphatic heterocycles. The molecule has 0 bridgehead atoms. The monoisotopic (exact) mass is 385 g/mol. The van der Waals surface area contributed by atoms with E-state index in [0.717, 1.165) is 47.2 Å². The number of rotatable bonds is 4. The highest BCUT2D eigenvalue weighted by atomic mass is 16.2. The maximum absolute atomic E-state index is 12.9. The van der Waals surface area contributed by atoms with Crippen molar-refractivity contribution in [2.24, 2.45) is 5.92 Å². The first-order valence-corrected chi connectivity index (χ1v) is 9.99. The molecule has 1 aliphatic rings. The van der Waals surface area contributed by atoms with Crippen molar-refractivity contribution in [2.75, 3.05) is 6.54 Å². The van der Waals surface area contributed by atoms with Gasteiger partial charge in [-0.3, -0.25) is 9.89 Å². The maximum atomic E-state index is 12.9. The number of aromatic amines is 1. The Balaban J connectivity index is 1.33. The predicted octanol–water partition coefficient (Wildman–Crippen LogP) is 3.98. The van der Waals surface area contributed by atoms with Gasteiger partial charge in [-0.05, 0) is 49.1 Å². The molecule has 1 saturated heterocycles. The van der Waals surface area contributed by atoms with Crippen LogP contribution in [-0.2, 0) is 6.54 Å². The summed E-state index contributed by atoms with van der Waals surface area (Å²) in [4.78, 5) is 19.5. The summed E-state index contributed by atoms with van der Waals surface area (Å²) in [5.74, 6) is 0.546. The molecule has 1 amide bonds. The number of carbonyl (C=O) groups is 1. The highest BCUT2D eigenvalue weighted by Gasteiger charge is 2.33. The van der Waals surface area contributed by atoms with Crippen molar-refractivity contribution in [1.82, 2.24) is 24.6 Å². The number of imidazole rings is 1. The van der Waals surface area contributed by atoms with E-state index < -0.39 is 0 Å². The lowest BCUT2D eigenvalue weighted by Crippen LogP contribution is -2.34. The molecule has 0 unspecified atom stereocenters. The highest BCUT2D eigenvalue weighted by molar-refractivity contribution is 5.94. The van der Waals surface area contributed by atoms with E-state index in [2.05, 4.69) is 44.9 Å². The van der Waals surface area contributed by atoms with Crippen LogP contribution >= 0.6 is 0 Å². The molecule has 1 N–H and O–H groups in total. The van der Waals surface area contributed by atoms with Crippen LogP contribution in [-0.4, -0.2) is 43.1 Å². The van der Waals surface area contributed by atoms with Crippen molar-refractivity contribution in [2.45, 2.75) is 25.9 Å². The van der Waals surface area contributed by atoms with Crippen molar-refractivity contribution in [3.05, 3.63) is 72.8 Å². The third kappa shape index (κ3) is 3.31. The Morgan fingerprint density at radius 3 is 2.83 bits per heavy atom. The van der Waals surface area contributed by atoms with Gasteiger partial charge in [0.15, 0.2) is 0 Å². The van der Waals surface area contributed by atoms with Gasteiger partial charge in [0.1, 0.15) is 0 Å². The summed E-state index contributed by atoms with van der Waals surface area (Å²) in [5.41, 5.74) is 5.02. The second kappa shape index (κ2) is 7.20. The molecule has 4 aromatic rings. The Labute approximate surface area is 169 Å². The van der Waals surface area contributed by atoms with Gasteiger partial charge in [0.2, 0.25) is 0 Å². The summed E-state index contributed by atoms with van der Waals surface area (Å²) < 4.78 is 2.21. The lowest BCUT2D eigenvalue weighted by molar-refractivity contribution is 0.0742. The zero-order valence-electron chi connectivity index (χ0n) is 16.3. The first-order valence-electron chi connectivity index (χ1n) is 9.99. The number of likely N-dealkylation sites (tertiary alicyclic amines) is 1. The summed E-state index contributed by atoms with van der Waals surface area (Å²) in [6.07, 6.45) is 6.62. The van der Waals surface area contributed by atoms with Crippen LogP contribution in [0, 0.1) is 5.92 Å². The van der Waals surface area contributed by atoms with E-state index in [9.17, 15) is 4.79 Å². The van der Waals surface area contributed by atoms with E-state index in [1.54, 1.807) is 0 Å². The summed E-state index contributed by atoms with van der Waals surface area (Å²) in [5, 5.41) is 6.87. The summed E-state index contributed by atoms with van der Waals surface area (Å²) in [6.45, 7) is 3.79. The molecular formula is C23H23N5O. The Kier molecular flexibility index (Phi) is 4.39. The zero-order valence-corrected chi connectivity index (χ0v) is 16.3. The largest absolute Gasteiger partial charge is 0.336 e. The Hall–Kier alpha value is -3.41. The number of fused-ring (bicyclic) bond motifs is 1. The van der Waals surface area contributed by atoms with Gasteiger partial charge in [0.05, 0.1) is 23.6 Å². The zero-order chi connectivity index (χ0) is 19.8. The number of aromatic nitrogens is 4. The van der Waals surface area contributed by atoms with Gasteiger partial charge in [0, 0.05) is 36.5 Å². The first-order chi connectivity index (χ1) is 14.2. The number of hydrogen-bond acceptors (Lipinski definition) is 3. The van der Waals surface area contributed by atoms with Crippen molar-refractivity contribution < 1.29 is 4.79 Å². The van der Waals surface area contributed by atoms with Crippen LogP contribution < -0.4 is 0 Å². The minimum Gasteiger partial charge on any atom is -0.336 e. The maximum Gasteiger partial charge on any atom is 0.254 e. The summed E-state index contributed by atoms with van der Waals surface area (Å²) >= 11 is 0. The molecule has 1 fully saturated rings. The van der Waals surface area contributed by atoms with Gasteiger partial charge < -0.3 is 9.47 Å². The van der Waals surface area contributed by atoms with Crippen molar-refractivity contribution in [1.29, 1.82) is 0 Å². The smallest absolute Gasteiger partial charge is 0.254 e. The average molecular weight is 385 g/mol. The molecule has 6 nitrogen and oxygen atoms in total.